The molecule has 0 saturated carbocycles. The molecule has 6 rings (SSSR count). The number of fused-ring (bicyclic) bond motifs is 6. The minimum Gasteiger partial charge on any atom is -0.493 e. The maximum absolute atomic E-state index is 13.8. The van der Waals surface area contributed by atoms with Crippen molar-refractivity contribution < 1.29 is 53.2 Å². The number of Topliss-reactive ketones (excluding diaryl/α,β-unsaturated/α-hetero) is 2. The zero-order chi connectivity index (χ0) is 49.9. The van der Waals surface area contributed by atoms with Crippen LogP contribution in [0.1, 0.15) is 126 Å². The number of methoxy groups -OCH3 is 4. The zero-order valence-corrected chi connectivity index (χ0v) is 27.9. The molecule has 5 atom stereocenters. The molecule has 0 radical (unpaired) electrons. The summed E-state index contributed by atoms with van der Waals surface area (Å²) in [6.45, 7) is -5.28. The molecule has 2 saturated heterocycles. The van der Waals surface area contributed by atoms with E-state index in [1.807, 2.05) is 13.8 Å². The maximum Gasteiger partial charge on any atom is 0.161 e. The van der Waals surface area contributed by atoms with Gasteiger partial charge in [0.15, 0.2) is 23.0 Å². The average Bonchev–Trinajstić information content (AvgIpc) is 3.19. The van der Waals surface area contributed by atoms with Gasteiger partial charge in [0.25, 0.3) is 0 Å². The highest BCUT2D eigenvalue weighted by atomic mass is 16.5. The SMILES string of the molecule is C.[2H]C1([2H])C(=O)C([2H])(C([2H])([2H])C([2H])(C([2H])([2H])[2H])C([2H])([2H])C)C([2H])([2H])N2CCc3cc(OC)c(OC)cc3C21.[2H]C12CC(=O)C(CC(C)C)CN1C([2H])([2H])C([2H])([2H])c1cc(OC)c(OC)cc12. The van der Waals surface area contributed by atoms with Crippen molar-refractivity contribution in [2.45, 2.75) is 91.9 Å². The van der Waals surface area contributed by atoms with Gasteiger partial charge >= 0.3 is 0 Å². The van der Waals surface area contributed by atoms with Crippen LogP contribution in [0, 0.1) is 23.6 Å². The summed E-state index contributed by atoms with van der Waals surface area (Å²) in [6, 6.07) is 2.48. The number of piperidine rings is 2. The minimum absolute atomic E-state index is 0. The molecule has 0 aliphatic carbocycles. The Morgan fingerprint density at radius 2 is 1.58 bits per heavy atom. The highest BCUT2D eigenvalue weighted by Gasteiger charge is 2.40. The Labute approximate surface area is 314 Å². The van der Waals surface area contributed by atoms with Crippen LogP contribution in [0.2, 0.25) is 0 Å². The van der Waals surface area contributed by atoms with E-state index in [0.717, 1.165) is 4.90 Å². The van der Waals surface area contributed by atoms with Gasteiger partial charge in [-0.2, -0.15) is 0 Å². The van der Waals surface area contributed by atoms with E-state index in [9.17, 15) is 9.59 Å². The molecule has 4 aliphatic heterocycles. The first-order valence-electron chi connectivity index (χ1n) is 24.5. The molecular formula is C40H60N2O6. The van der Waals surface area contributed by atoms with Gasteiger partial charge in [-0.25, -0.2) is 0 Å². The Balaban J connectivity index is 0.000000295. The molecule has 5 unspecified atom stereocenters. The number of rotatable bonds is 9. The van der Waals surface area contributed by atoms with Crippen LogP contribution in [0.15, 0.2) is 24.3 Å². The minimum atomic E-state index is -4.04. The highest BCUT2D eigenvalue weighted by molar-refractivity contribution is 5.83. The van der Waals surface area contributed by atoms with Gasteiger partial charge in [-0.1, -0.05) is 41.4 Å². The highest BCUT2D eigenvalue weighted by Crippen LogP contribution is 2.44. The van der Waals surface area contributed by atoms with E-state index in [0.29, 0.717) is 30.4 Å². The van der Waals surface area contributed by atoms with Crippen molar-refractivity contribution in [2.75, 3.05) is 54.5 Å². The number of carbonyl (C=O) groups is 2. The number of hydrogen-bond acceptors (Lipinski definition) is 8. The van der Waals surface area contributed by atoms with Crippen molar-refractivity contribution in [1.29, 1.82) is 0 Å². The summed E-state index contributed by atoms with van der Waals surface area (Å²) in [6.07, 6.45) is -12.3. The molecule has 0 N–H and O–H groups in total. The molecule has 4 aliphatic rings. The van der Waals surface area contributed by atoms with Gasteiger partial charge in [-0.15, -0.1) is 0 Å². The van der Waals surface area contributed by atoms with Gasteiger partial charge in [0.1, 0.15) is 11.6 Å². The smallest absolute Gasteiger partial charge is 0.161 e. The summed E-state index contributed by atoms with van der Waals surface area (Å²) in [5, 5.41) is 0. The van der Waals surface area contributed by atoms with Gasteiger partial charge in [0, 0.05) is 86.1 Å². The molecule has 0 amide bonds. The fraction of sp³-hybridized carbons (Fsp3) is 0.650. The molecule has 0 spiro atoms. The van der Waals surface area contributed by atoms with Crippen molar-refractivity contribution in [2.24, 2.45) is 23.6 Å². The normalized spacial score (nSPS) is 38.4. The van der Waals surface area contributed by atoms with Crippen LogP contribution in [0.3, 0.4) is 0 Å². The lowest BCUT2D eigenvalue weighted by atomic mass is 9.79. The molecule has 266 valence electrons. The van der Waals surface area contributed by atoms with Crippen molar-refractivity contribution >= 4 is 11.6 Å². The molecular weight excluding hydrogens is 604 g/mol. The first kappa shape index (κ1) is 19.9. The molecule has 2 aromatic rings. The van der Waals surface area contributed by atoms with E-state index >= 15 is 0 Å². The van der Waals surface area contributed by atoms with Crippen molar-refractivity contribution in [3.63, 3.8) is 0 Å². The van der Waals surface area contributed by atoms with E-state index in [1.165, 1.54) is 51.5 Å². The fourth-order valence-electron chi connectivity index (χ4n) is 6.20. The van der Waals surface area contributed by atoms with Gasteiger partial charge < -0.3 is 18.9 Å². The molecule has 8 nitrogen and oxygen atoms in total. The van der Waals surface area contributed by atoms with Crippen LogP contribution in [-0.4, -0.2) is 75.9 Å². The van der Waals surface area contributed by atoms with Crippen LogP contribution in [0.25, 0.3) is 0 Å². The lowest BCUT2D eigenvalue weighted by Crippen LogP contribution is -2.46. The summed E-state index contributed by atoms with van der Waals surface area (Å²) >= 11 is 0. The second-order valence-corrected chi connectivity index (χ2v) is 12.0. The average molecular weight is 683 g/mol. The van der Waals surface area contributed by atoms with Crippen molar-refractivity contribution in [3.05, 3.63) is 46.5 Å². The lowest BCUT2D eigenvalue weighted by Gasteiger charge is -2.43. The van der Waals surface area contributed by atoms with E-state index in [2.05, 4.69) is 0 Å². The summed E-state index contributed by atoms with van der Waals surface area (Å²) in [5.41, 5.74) is 0.930. The lowest BCUT2D eigenvalue weighted by molar-refractivity contribution is -0.130. The number of benzene rings is 2. The Morgan fingerprint density at radius 1 is 0.958 bits per heavy atom. The molecule has 4 heterocycles. The Kier molecular flexibility index (Phi) is 6.86. The zero-order valence-electron chi connectivity index (χ0n) is 45.9. The van der Waals surface area contributed by atoms with E-state index in [4.69, 9.17) is 43.6 Å². The van der Waals surface area contributed by atoms with Crippen LogP contribution in [-0.2, 0) is 22.4 Å². The van der Waals surface area contributed by atoms with Crippen LogP contribution >= 0.6 is 0 Å². The standard InChI is InChI=1S/C20H29NO3.C19H27NO3.CH4/c1-5-13(2)8-15-12-21-7-6-14-9-19(23-3)20(24-4)10-16(14)17(21)11-18(15)22;1-12(2)7-14-11-20-6-5-13-8-18(22-3)19(23-4)9-15(13)16(20)10-17(14)21;/h9-10,13,15,17H,5-8,11-12H2,1-4H3;8-9,12,14,16H,5-7,10-11H2,1-4H3;1H4/i2D3,5D2,8D2,11D2,12D2,13D,15D;5D2,6D2,16D;. The monoisotopic (exact) mass is 683 g/mol. The first-order chi connectivity index (χ1) is 29.4. The fourth-order valence-corrected chi connectivity index (χ4v) is 6.20. The summed E-state index contributed by atoms with van der Waals surface area (Å²) in [4.78, 5) is 28.6. The second kappa shape index (κ2) is 16.5. The third-order valence-electron chi connectivity index (χ3n) is 8.57. The first-order valence-corrected chi connectivity index (χ1v) is 15.5. The van der Waals surface area contributed by atoms with Gasteiger partial charge in [0.05, 0.1) is 29.8 Å². The molecule has 0 aromatic heterocycles. The Bertz CT molecular complexity index is 2180. The number of aryl methyl sites for hydroxylation is 1. The van der Waals surface area contributed by atoms with E-state index in [-0.39, 0.29) is 73.2 Å². The third-order valence-corrected chi connectivity index (χ3v) is 8.57. The third kappa shape index (κ3) is 8.02. The van der Waals surface area contributed by atoms with E-state index < -0.39 is 80.9 Å². The van der Waals surface area contributed by atoms with Crippen molar-refractivity contribution in [3.8, 4) is 23.0 Å². The van der Waals surface area contributed by atoms with Gasteiger partial charge in [-0.3, -0.25) is 19.4 Å². The second-order valence-electron chi connectivity index (χ2n) is 12.0. The number of carbonyl (C=O) groups excluding carboxylic acids is 2. The molecule has 2 aromatic carbocycles. The van der Waals surface area contributed by atoms with Gasteiger partial charge in [0.2, 0.25) is 0 Å². The molecule has 2 fully saturated rings. The van der Waals surface area contributed by atoms with Crippen molar-refractivity contribution in [1.82, 2.24) is 9.80 Å². The summed E-state index contributed by atoms with van der Waals surface area (Å²) in [7, 11) is 5.58. The predicted molar refractivity (Wildman–Crippen MR) is 192 cm³/mol. The molecule has 0 bridgehead atoms. The van der Waals surface area contributed by atoms with Gasteiger partial charge in [-0.05, 0) is 83.9 Å². The van der Waals surface area contributed by atoms with E-state index in [1.54, 1.807) is 6.07 Å². The topological polar surface area (TPSA) is 77.5 Å². The number of ketones is 2. The van der Waals surface area contributed by atoms with Crippen LogP contribution in [0.5, 0.6) is 23.0 Å². The maximum atomic E-state index is 13.8. The molecule has 8 heteroatoms. The number of ether oxygens (including phenoxy) is 4. The van der Waals surface area contributed by atoms with Crippen LogP contribution < -0.4 is 18.9 Å². The Morgan fingerprint density at radius 3 is 2.19 bits per heavy atom. The number of hydrogen-bond donors (Lipinski definition) is 0. The number of nitrogens with zero attached hydrogens (tertiary/aromatic N) is 2. The summed E-state index contributed by atoms with van der Waals surface area (Å²) in [5.74, 6) is -8.80. The Hall–Kier alpha value is -3.10. The summed E-state index contributed by atoms with van der Waals surface area (Å²) < 4.78 is 173. The largest absolute Gasteiger partial charge is 0.493 e. The quantitative estimate of drug-likeness (QED) is 0.269. The predicted octanol–water partition coefficient (Wildman–Crippen LogP) is 7.50. The molecule has 48 heavy (non-hydrogen) atoms. The van der Waals surface area contributed by atoms with Crippen LogP contribution in [0.4, 0.5) is 0 Å².